The third kappa shape index (κ3) is 1.22. The van der Waals surface area contributed by atoms with Crippen molar-refractivity contribution in [3.8, 4) is 11.4 Å². The van der Waals surface area contributed by atoms with Gasteiger partial charge in [0.25, 0.3) is 0 Å². The van der Waals surface area contributed by atoms with Crippen LogP contribution in [-0.2, 0) is 0 Å². The van der Waals surface area contributed by atoms with E-state index in [0.717, 1.165) is 11.4 Å². The average Bonchev–Trinajstić information content (AvgIpc) is 2.74. The van der Waals surface area contributed by atoms with Gasteiger partial charge in [0.15, 0.2) is 11.5 Å². The number of para-hydroxylation sites is 1. The molecule has 1 aromatic carbocycles. The fraction of sp³-hybridized carbons (Fsp3) is 0. The fourth-order valence-corrected chi connectivity index (χ4v) is 1.64. The molecule has 3 aromatic rings. The predicted octanol–water partition coefficient (Wildman–Crippen LogP) is 1.37. The monoisotopic (exact) mass is 211 g/mol. The third-order valence-corrected chi connectivity index (χ3v) is 2.42. The van der Waals surface area contributed by atoms with Crippen molar-refractivity contribution in [2.24, 2.45) is 0 Å². The first-order chi connectivity index (χ1) is 7.86. The number of aromatic nitrogens is 4. The second-order valence-corrected chi connectivity index (χ2v) is 3.42. The molecule has 2 heterocycles. The molecule has 5 nitrogen and oxygen atoms in total. The van der Waals surface area contributed by atoms with Gasteiger partial charge in [-0.25, -0.2) is 0 Å². The minimum atomic E-state index is 0.689. The first-order valence-electron chi connectivity index (χ1n) is 4.86. The van der Waals surface area contributed by atoms with E-state index in [1.54, 1.807) is 12.4 Å². The lowest BCUT2D eigenvalue weighted by molar-refractivity contribution is 1.11. The summed E-state index contributed by atoms with van der Waals surface area (Å²) in [6, 6.07) is 7.58. The van der Waals surface area contributed by atoms with Crippen molar-refractivity contribution < 1.29 is 0 Å². The Hall–Kier alpha value is -2.43. The predicted molar refractivity (Wildman–Crippen MR) is 60.6 cm³/mol. The standard InChI is InChI=1S/C11H9N5/c12-9-4-2-1-3-8(9)11-15-14-10-7-13-5-6-16(10)11/h1-7H,12H2. The van der Waals surface area contributed by atoms with E-state index in [1.807, 2.05) is 34.9 Å². The van der Waals surface area contributed by atoms with Gasteiger partial charge in [0.05, 0.1) is 6.20 Å². The highest BCUT2D eigenvalue weighted by molar-refractivity contribution is 5.72. The molecular formula is C11H9N5. The molecule has 0 radical (unpaired) electrons. The zero-order valence-corrected chi connectivity index (χ0v) is 8.41. The number of nitrogens with two attached hydrogens (primary N) is 1. The summed E-state index contributed by atoms with van der Waals surface area (Å²) in [6.07, 6.45) is 5.17. The first kappa shape index (κ1) is 8.84. The quantitative estimate of drug-likeness (QED) is 0.617. The number of hydrogen-bond donors (Lipinski definition) is 1. The number of nitrogens with zero attached hydrogens (tertiary/aromatic N) is 4. The zero-order valence-electron chi connectivity index (χ0n) is 8.41. The lowest BCUT2D eigenvalue weighted by Crippen LogP contribution is -1.94. The van der Waals surface area contributed by atoms with Gasteiger partial charge < -0.3 is 5.73 Å². The summed E-state index contributed by atoms with van der Waals surface area (Å²) >= 11 is 0. The Kier molecular flexibility index (Phi) is 1.83. The van der Waals surface area contributed by atoms with Gasteiger partial charge in [-0.05, 0) is 12.1 Å². The summed E-state index contributed by atoms with van der Waals surface area (Å²) in [5.41, 5.74) is 8.18. The van der Waals surface area contributed by atoms with E-state index < -0.39 is 0 Å². The van der Waals surface area contributed by atoms with Crippen molar-refractivity contribution in [3.05, 3.63) is 42.9 Å². The summed E-state index contributed by atoms with van der Waals surface area (Å²) < 4.78 is 1.86. The van der Waals surface area contributed by atoms with Crippen molar-refractivity contribution in [3.63, 3.8) is 0 Å². The van der Waals surface area contributed by atoms with E-state index in [9.17, 15) is 0 Å². The lowest BCUT2D eigenvalue weighted by Gasteiger charge is -2.02. The van der Waals surface area contributed by atoms with Crippen molar-refractivity contribution in [1.29, 1.82) is 0 Å². The van der Waals surface area contributed by atoms with Gasteiger partial charge >= 0.3 is 0 Å². The molecule has 0 saturated heterocycles. The van der Waals surface area contributed by atoms with Gasteiger partial charge in [-0.1, -0.05) is 12.1 Å². The molecule has 0 fully saturated rings. The van der Waals surface area contributed by atoms with E-state index in [0.29, 0.717) is 11.3 Å². The van der Waals surface area contributed by atoms with Crippen LogP contribution in [0.25, 0.3) is 17.0 Å². The van der Waals surface area contributed by atoms with Crippen LogP contribution in [0.4, 0.5) is 5.69 Å². The van der Waals surface area contributed by atoms with Gasteiger partial charge in [0.2, 0.25) is 0 Å². The van der Waals surface area contributed by atoms with E-state index in [2.05, 4.69) is 15.2 Å². The Morgan fingerprint density at radius 1 is 1.12 bits per heavy atom. The van der Waals surface area contributed by atoms with Crippen LogP contribution in [0.15, 0.2) is 42.9 Å². The molecule has 2 N–H and O–H groups in total. The molecule has 0 amide bonds. The number of anilines is 1. The topological polar surface area (TPSA) is 69.1 Å². The molecule has 2 aromatic heterocycles. The van der Waals surface area contributed by atoms with E-state index >= 15 is 0 Å². The van der Waals surface area contributed by atoms with Gasteiger partial charge in [-0.3, -0.25) is 9.38 Å². The molecule has 0 aliphatic heterocycles. The molecule has 0 atom stereocenters. The van der Waals surface area contributed by atoms with Crippen molar-refractivity contribution in [2.45, 2.75) is 0 Å². The summed E-state index contributed by atoms with van der Waals surface area (Å²) in [5, 5.41) is 8.15. The highest BCUT2D eigenvalue weighted by Crippen LogP contribution is 2.23. The largest absolute Gasteiger partial charge is 0.398 e. The third-order valence-electron chi connectivity index (χ3n) is 2.42. The molecule has 0 aliphatic carbocycles. The second-order valence-electron chi connectivity index (χ2n) is 3.42. The molecule has 3 rings (SSSR count). The number of rotatable bonds is 1. The fourth-order valence-electron chi connectivity index (χ4n) is 1.64. The number of fused-ring (bicyclic) bond motifs is 1. The average molecular weight is 211 g/mol. The van der Waals surface area contributed by atoms with Crippen molar-refractivity contribution in [2.75, 3.05) is 5.73 Å². The maximum Gasteiger partial charge on any atom is 0.179 e. The molecule has 0 saturated carbocycles. The van der Waals surface area contributed by atoms with Crippen LogP contribution in [0.5, 0.6) is 0 Å². The van der Waals surface area contributed by atoms with Gasteiger partial charge in [0.1, 0.15) is 0 Å². The Balaban J connectivity index is 2.31. The van der Waals surface area contributed by atoms with Crippen LogP contribution < -0.4 is 5.73 Å². The Bertz CT molecular complexity index is 643. The SMILES string of the molecule is Nc1ccccc1-c1nnc2cnccn12. The van der Waals surface area contributed by atoms with E-state index in [4.69, 9.17) is 5.73 Å². The van der Waals surface area contributed by atoms with Crippen LogP contribution in [0, 0.1) is 0 Å². The smallest absolute Gasteiger partial charge is 0.179 e. The van der Waals surface area contributed by atoms with Crippen molar-refractivity contribution in [1.82, 2.24) is 19.6 Å². The van der Waals surface area contributed by atoms with Crippen LogP contribution in [0.2, 0.25) is 0 Å². The number of hydrogen-bond acceptors (Lipinski definition) is 4. The van der Waals surface area contributed by atoms with Crippen LogP contribution in [0.3, 0.4) is 0 Å². The van der Waals surface area contributed by atoms with E-state index in [1.165, 1.54) is 0 Å². The molecule has 0 aliphatic rings. The molecule has 16 heavy (non-hydrogen) atoms. The molecular weight excluding hydrogens is 202 g/mol. The highest BCUT2D eigenvalue weighted by Gasteiger charge is 2.09. The van der Waals surface area contributed by atoms with Crippen LogP contribution in [-0.4, -0.2) is 19.6 Å². The Labute approximate surface area is 91.6 Å². The van der Waals surface area contributed by atoms with Crippen molar-refractivity contribution >= 4 is 11.3 Å². The Morgan fingerprint density at radius 2 is 2.00 bits per heavy atom. The van der Waals surface area contributed by atoms with Crippen LogP contribution in [0.1, 0.15) is 0 Å². The van der Waals surface area contributed by atoms with Gasteiger partial charge in [0, 0.05) is 23.6 Å². The lowest BCUT2D eigenvalue weighted by atomic mass is 10.2. The first-order valence-corrected chi connectivity index (χ1v) is 4.86. The van der Waals surface area contributed by atoms with E-state index in [-0.39, 0.29) is 0 Å². The minimum absolute atomic E-state index is 0.689. The molecule has 5 heteroatoms. The van der Waals surface area contributed by atoms with Gasteiger partial charge in [-0.2, -0.15) is 0 Å². The summed E-state index contributed by atoms with van der Waals surface area (Å²) in [5.74, 6) is 0.732. The number of nitrogen functional groups attached to an aromatic ring is 1. The molecule has 78 valence electrons. The zero-order chi connectivity index (χ0) is 11.0. The highest BCUT2D eigenvalue weighted by atomic mass is 15.2. The van der Waals surface area contributed by atoms with Gasteiger partial charge in [-0.15, -0.1) is 10.2 Å². The normalized spacial score (nSPS) is 10.8. The minimum Gasteiger partial charge on any atom is -0.398 e. The second kappa shape index (κ2) is 3.30. The molecule has 0 unspecified atom stereocenters. The van der Waals surface area contributed by atoms with Crippen LogP contribution >= 0.6 is 0 Å². The molecule has 0 spiro atoms. The maximum absolute atomic E-state index is 5.91. The number of benzene rings is 1. The maximum atomic E-state index is 5.91. The molecule has 0 bridgehead atoms. The summed E-state index contributed by atoms with van der Waals surface area (Å²) in [4.78, 5) is 3.99. The summed E-state index contributed by atoms with van der Waals surface area (Å²) in [6.45, 7) is 0. The Morgan fingerprint density at radius 3 is 2.88 bits per heavy atom. The summed E-state index contributed by atoms with van der Waals surface area (Å²) in [7, 11) is 0.